The second-order valence-electron chi connectivity index (χ2n) is 5.71. The minimum atomic E-state index is -0.393. The van der Waals surface area contributed by atoms with E-state index in [1.54, 1.807) is 0 Å². The van der Waals surface area contributed by atoms with Gasteiger partial charge in [0.25, 0.3) is 0 Å². The standard InChI is InChI=1S/C14H26N2O2/c1-3-16-9-4-6-12(11-16)10-14(13(17)18-2)7-5-8-15-14/h12,15H,3-11H2,1-2H3. The average molecular weight is 254 g/mol. The van der Waals surface area contributed by atoms with Crippen molar-refractivity contribution >= 4 is 5.97 Å². The monoisotopic (exact) mass is 254 g/mol. The Balaban J connectivity index is 1.98. The lowest BCUT2D eigenvalue weighted by molar-refractivity contribution is -0.149. The van der Waals surface area contributed by atoms with Crippen molar-refractivity contribution in [1.29, 1.82) is 0 Å². The van der Waals surface area contributed by atoms with Crippen LogP contribution < -0.4 is 5.32 Å². The van der Waals surface area contributed by atoms with Gasteiger partial charge in [0.05, 0.1) is 7.11 Å². The fraction of sp³-hybridized carbons (Fsp3) is 0.929. The average Bonchev–Trinajstić information content (AvgIpc) is 2.87. The van der Waals surface area contributed by atoms with Gasteiger partial charge in [0.2, 0.25) is 0 Å². The number of likely N-dealkylation sites (tertiary alicyclic amines) is 1. The van der Waals surface area contributed by atoms with Gasteiger partial charge in [-0.25, -0.2) is 0 Å². The predicted molar refractivity (Wildman–Crippen MR) is 71.4 cm³/mol. The fourth-order valence-electron chi connectivity index (χ4n) is 3.53. The molecule has 2 unspecified atom stereocenters. The molecule has 0 saturated carbocycles. The van der Waals surface area contributed by atoms with Crippen LogP contribution in [0.2, 0.25) is 0 Å². The van der Waals surface area contributed by atoms with E-state index < -0.39 is 5.54 Å². The number of esters is 1. The number of ether oxygens (including phenoxy) is 1. The second-order valence-corrected chi connectivity index (χ2v) is 5.71. The highest BCUT2D eigenvalue weighted by Crippen LogP contribution is 2.32. The molecule has 4 heteroatoms. The maximum Gasteiger partial charge on any atom is 0.326 e. The van der Waals surface area contributed by atoms with Crippen LogP contribution in [0.25, 0.3) is 0 Å². The molecule has 4 nitrogen and oxygen atoms in total. The Morgan fingerprint density at radius 3 is 2.94 bits per heavy atom. The Hall–Kier alpha value is -0.610. The maximum absolute atomic E-state index is 12.1. The summed E-state index contributed by atoms with van der Waals surface area (Å²) in [6, 6.07) is 0. The molecule has 2 rings (SSSR count). The highest BCUT2D eigenvalue weighted by atomic mass is 16.5. The minimum absolute atomic E-state index is 0.0615. The lowest BCUT2D eigenvalue weighted by Gasteiger charge is -2.36. The molecule has 0 radical (unpaired) electrons. The fourth-order valence-corrected chi connectivity index (χ4v) is 3.53. The van der Waals surface area contributed by atoms with E-state index in [2.05, 4.69) is 17.1 Å². The first-order chi connectivity index (χ1) is 8.70. The van der Waals surface area contributed by atoms with Crippen molar-refractivity contribution in [3.05, 3.63) is 0 Å². The van der Waals surface area contributed by atoms with E-state index in [1.165, 1.54) is 26.5 Å². The van der Waals surface area contributed by atoms with Crippen LogP contribution in [0, 0.1) is 5.92 Å². The minimum Gasteiger partial charge on any atom is -0.468 e. The van der Waals surface area contributed by atoms with Gasteiger partial charge >= 0.3 is 5.97 Å². The quantitative estimate of drug-likeness (QED) is 0.770. The molecule has 2 heterocycles. The molecule has 0 aromatic carbocycles. The summed E-state index contributed by atoms with van der Waals surface area (Å²) in [6.07, 6.45) is 5.46. The summed E-state index contributed by atoms with van der Waals surface area (Å²) in [5.41, 5.74) is -0.393. The molecule has 0 aromatic rings. The molecular weight excluding hydrogens is 228 g/mol. The number of nitrogens with one attached hydrogen (secondary N) is 1. The first-order valence-corrected chi connectivity index (χ1v) is 7.26. The Kier molecular flexibility index (Phi) is 4.62. The molecule has 0 aliphatic carbocycles. The van der Waals surface area contributed by atoms with Crippen molar-refractivity contribution in [2.75, 3.05) is 33.3 Å². The highest BCUT2D eigenvalue weighted by Gasteiger charge is 2.44. The summed E-state index contributed by atoms with van der Waals surface area (Å²) in [6.45, 7) is 6.63. The molecule has 2 atom stereocenters. The van der Waals surface area contributed by atoms with E-state index in [9.17, 15) is 4.79 Å². The van der Waals surface area contributed by atoms with E-state index in [4.69, 9.17) is 4.74 Å². The van der Waals surface area contributed by atoms with Crippen LogP contribution in [0.15, 0.2) is 0 Å². The number of carbonyl (C=O) groups is 1. The molecule has 2 fully saturated rings. The molecule has 0 aromatic heterocycles. The zero-order valence-electron chi connectivity index (χ0n) is 11.7. The molecule has 18 heavy (non-hydrogen) atoms. The number of methoxy groups -OCH3 is 1. The lowest BCUT2D eigenvalue weighted by Crippen LogP contribution is -2.51. The molecule has 104 valence electrons. The van der Waals surface area contributed by atoms with Crippen LogP contribution in [-0.4, -0.2) is 49.7 Å². The normalized spacial score (nSPS) is 33.6. The Morgan fingerprint density at radius 2 is 2.33 bits per heavy atom. The van der Waals surface area contributed by atoms with Crippen molar-refractivity contribution in [1.82, 2.24) is 10.2 Å². The highest BCUT2D eigenvalue weighted by molar-refractivity contribution is 5.81. The van der Waals surface area contributed by atoms with Crippen LogP contribution in [0.3, 0.4) is 0 Å². The number of hydrogen-bond donors (Lipinski definition) is 1. The molecule has 2 saturated heterocycles. The number of rotatable bonds is 4. The van der Waals surface area contributed by atoms with Crippen LogP contribution in [0.1, 0.15) is 39.0 Å². The number of nitrogens with zero attached hydrogens (tertiary/aromatic N) is 1. The van der Waals surface area contributed by atoms with Crippen molar-refractivity contribution in [3.8, 4) is 0 Å². The summed E-state index contributed by atoms with van der Waals surface area (Å²) in [7, 11) is 1.50. The second kappa shape index (κ2) is 6.02. The van der Waals surface area contributed by atoms with Gasteiger partial charge in [-0.1, -0.05) is 6.92 Å². The predicted octanol–water partition coefficient (Wildman–Crippen LogP) is 1.40. The summed E-state index contributed by atoms with van der Waals surface area (Å²) >= 11 is 0. The topological polar surface area (TPSA) is 41.6 Å². The smallest absolute Gasteiger partial charge is 0.326 e. The third-order valence-corrected chi connectivity index (χ3v) is 4.51. The lowest BCUT2D eigenvalue weighted by atomic mass is 9.82. The SMILES string of the molecule is CCN1CCCC(CC2(C(=O)OC)CCCN2)C1. The van der Waals surface area contributed by atoms with Crippen molar-refractivity contribution in [2.45, 2.75) is 44.6 Å². The molecule has 0 bridgehead atoms. The number of carbonyl (C=O) groups excluding carboxylic acids is 1. The molecule has 0 spiro atoms. The number of piperidine rings is 1. The van der Waals surface area contributed by atoms with Crippen LogP contribution in [0.4, 0.5) is 0 Å². The van der Waals surface area contributed by atoms with Crippen molar-refractivity contribution in [2.24, 2.45) is 5.92 Å². The van der Waals surface area contributed by atoms with Gasteiger partial charge in [0.15, 0.2) is 0 Å². The van der Waals surface area contributed by atoms with Gasteiger partial charge in [0.1, 0.15) is 5.54 Å². The Bertz CT molecular complexity index is 288. The summed E-state index contributed by atoms with van der Waals surface area (Å²) in [5, 5.41) is 3.41. The third-order valence-electron chi connectivity index (χ3n) is 4.51. The maximum atomic E-state index is 12.1. The molecular formula is C14H26N2O2. The molecule has 0 amide bonds. The van der Waals surface area contributed by atoms with Crippen molar-refractivity contribution in [3.63, 3.8) is 0 Å². The first kappa shape index (κ1) is 13.8. The van der Waals surface area contributed by atoms with Gasteiger partial charge in [-0.15, -0.1) is 0 Å². The van der Waals surface area contributed by atoms with Crippen LogP contribution in [0.5, 0.6) is 0 Å². The Labute approximate surface area is 110 Å². The zero-order chi connectivity index (χ0) is 13.0. The largest absolute Gasteiger partial charge is 0.468 e. The molecule has 1 N–H and O–H groups in total. The zero-order valence-corrected chi connectivity index (χ0v) is 11.7. The van der Waals surface area contributed by atoms with E-state index in [-0.39, 0.29) is 5.97 Å². The first-order valence-electron chi connectivity index (χ1n) is 7.26. The van der Waals surface area contributed by atoms with Crippen LogP contribution in [-0.2, 0) is 9.53 Å². The third kappa shape index (κ3) is 2.86. The van der Waals surface area contributed by atoms with Crippen molar-refractivity contribution < 1.29 is 9.53 Å². The molecule has 2 aliphatic rings. The molecule has 2 aliphatic heterocycles. The summed E-state index contributed by atoms with van der Waals surface area (Å²) < 4.78 is 5.02. The summed E-state index contributed by atoms with van der Waals surface area (Å²) in [5.74, 6) is 0.567. The van der Waals surface area contributed by atoms with E-state index >= 15 is 0 Å². The summed E-state index contributed by atoms with van der Waals surface area (Å²) in [4.78, 5) is 14.6. The van der Waals surface area contributed by atoms with Crippen LogP contribution >= 0.6 is 0 Å². The number of hydrogen-bond acceptors (Lipinski definition) is 4. The van der Waals surface area contributed by atoms with Gasteiger partial charge in [-0.2, -0.15) is 0 Å². The van der Waals surface area contributed by atoms with Gasteiger partial charge < -0.3 is 15.0 Å². The Morgan fingerprint density at radius 1 is 1.50 bits per heavy atom. The van der Waals surface area contributed by atoms with Gasteiger partial charge in [0, 0.05) is 6.54 Å². The van der Waals surface area contributed by atoms with E-state index in [0.717, 1.165) is 38.9 Å². The van der Waals surface area contributed by atoms with Gasteiger partial charge in [-0.3, -0.25) is 4.79 Å². The van der Waals surface area contributed by atoms with Gasteiger partial charge in [-0.05, 0) is 57.7 Å². The van der Waals surface area contributed by atoms with E-state index in [1.807, 2.05) is 0 Å². The van der Waals surface area contributed by atoms with E-state index in [0.29, 0.717) is 5.92 Å².